The summed E-state index contributed by atoms with van der Waals surface area (Å²) in [6.07, 6.45) is 4.54. The van der Waals surface area contributed by atoms with E-state index in [1.54, 1.807) is 10.9 Å². The molecule has 22 heavy (non-hydrogen) atoms. The Morgan fingerprint density at radius 3 is 2.59 bits per heavy atom. The second-order valence-electron chi connectivity index (χ2n) is 5.22. The Hall–Kier alpha value is -2.15. The SMILES string of the molecule is C[C@@H](C(=O)NCc1cnn(Cc2ccccc2)c1)S(C)(=O)=O. The number of sulfone groups is 1. The van der Waals surface area contributed by atoms with Gasteiger partial charge in [-0.05, 0) is 12.5 Å². The van der Waals surface area contributed by atoms with Gasteiger partial charge >= 0.3 is 0 Å². The maximum Gasteiger partial charge on any atom is 0.238 e. The van der Waals surface area contributed by atoms with Gasteiger partial charge in [0, 0.05) is 24.6 Å². The van der Waals surface area contributed by atoms with E-state index in [4.69, 9.17) is 0 Å². The van der Waals surface area contributed by atoms with Crippen LogP contribution >= 0.6 is 0 Å². The molecule has 1 heterocycles. The van der Waals surface area contributed by atoms with Crippen LogP contribution in [0.3, 0.4) is 0 Å². The molecule has 1 atom stereocenters. The Bertz CT molecular complexity index is 738. The van der Waals surface area contributed by atoms with Gasteiger partial charge in [0.05, 0.1) is 12.7 Å². The zero-order valence-corrected chi connectivity index (χ0v) is 13.4. The predicted octanol–water partition coefficient (Wildman–Crippen LogP) is 0.981. The molecule has 118 valence electrons. The van der Waals surface area contributed by atoms with E-state index in [1.807, 2.05) is 36.5 Å². The van der Waals surface area contributed by atoms with Crippen molar-refractivity contribution in [2.45, 2.75) is 25.3 Å². The molecule has 7 heteroatoms. The quantitative estimate of drug-likeness (QED) is 0.860. The van der Waals surface area contributed by atoms with E-state index in [0.717, 1.165) is 17.4 Å². The first-order chi connectivity index (χ1) is 10.4. The first-order valence-electron chi connectivity index (χ1n) is 6.88. The summed E-state index contributed by atoms with van der Waals surface area (Å²) in [4.78, 5) is 11.7. The topological polar surface area (TPSA) is 81.1 Å². The van der Waals surface area contributed by atoms with E-state index in [-0.39, 0.29) is 6.54 Å². The first kappa shape index (κ1) is 16.2. The summed E-state index contributed by atoms with van der Waals surface area (Å²) in [6, 6.07) is 9.91. The second-order valence-corrected chi connectivity index (χ2v) is 7.59. The van der Waals surface area contributed by atoms with Gasteiger partial charge in [0.25, 0.3) is 0 Å². The second kappa shape index (κ2) is 6.74. The molecule has 0 saturated carbocycles. The molecular formula is C15H19N3O3S. The molecule has 0 unspecified atom stereocenters. The van der Waals surface area contributed by atoms with Crippen molar-refractivity contribution in [3.63, 3.8) is 0 Å². The Kier molecular flexibility index (Phi) is 4.97. The highest BCUT2D eigenvalue weighted by molar-refractivity contribution is 7.92. The van der Waals surface area contributed by atoms with Gasteiger partial charge in [-0.25, -0.2) is 8.42 Å². The van der Waals surface area contributed by atoms with E-state index in [9.17, 15) is 13.2 Å². The van der Waals surface area contributed by atoms with Crippen LogP contribution in [0.2, 0.25) is 0 Å². The molecule has 2 aromatic rings. The summed E-state index contributed by atoms with van der Waals surface area (Å²) in [6.45, 7) is 2.28. The first-order valence-corrected chi connectivity index (χ1v) is 8.83. The lowest BCUT2D eigenvalue weighted by atomic mass is 10.2. The maximum atomic E-state index is 11.7. The van der Waals surface area contributed by atoms with Crippen molar-refractivity contribution in [2.75, 3.05) is 6.26 Å². The Balaban J connectivity index is 1.91. The number of carbonyl (C=O) groups is 1. The van der Waals surface area contributed by atoms with Gasteiger partial charge in [-0.3, -0.25) is 9.48 Å². The fourth-order valence-corrected chi connectivity index (χ4v) is 2.35. The molecule has 1 amide bonds. The molecule has 0 aliphatic rings. The lowest BCUT2D eigenvalue weighted by molar-refractivity contribution is -0.120. The number of nitrogens with zero attached hydrogens (tertiary/aromatic N) is 2. The Morgan fingerprint density at radius 2 is 1.95 bits per heavy atom. The zero-order chi connectivity index (χ0) is 16.2. The number of aromatic nitrogens is 2. The predicted molar refractivity (Wildman–Crippen MR) is 83.9 cm³/mol. The maximum absolute atomic E-state index is 11.7. The fraction of sp³-hybridized carbons (Fsp3) is 0.333. The molecule has 1 N–H and O–H groups in total. The minimum atomic E-state index is -3.37. The van der Waals surface area contributed by atoms with Gasteiger partial charge in [-0.2, -0.15) is 5.10 Å². The molecule has 1 aromatic carbocycles. The largest absolute Gasteiger partial charge is 0.351 e. The lowest BCUT2D eigenvalue weighted by Crippen LogP contribution is -2.36. The van der Waals surface area contributed by atoms with E-state index in [1.165, 1.54) is 6.92 Å². The van der Waals surface area contributed by atoms with Crippen molar-refractivity contribution in [3.8, 4) is 0 Å². The van der Waals surface area contributed by atoms with Crippen molar-refractivity contribution in [1.82, 2.24) is 15.1 Å². The number of rotatable bonds is 6. The summed E-state index contributed by atoms with van der Waals surface area (Å²) in [5, 5.41) is 5.79. The van der Waals surface area contributed by atoms with Crippen molar-refractivity contribution in [2.24, 2.45) is 0 Å². The van der Waals surface area contributed by atoms with Gasteiger partial charge < -0.3 is 5.32 Å². The van der Waals surface area contributed by atoms with Crippen molar-refractivity contribution < 1.29 is 13.2 Å². The monoisotopic (exact) mass is 321 g/mol. The summed E-state index contributed by atoms with van der Waals surface area (Å²) in [7, 11) is -3.37. The van der Waals surface area contributed by atoms with E-state index < -0.39 is 21.0 Å². The molecule has 1 aromatic heterocycles. The number of hydrogen-bond acceptors (Lipinski definition) is 4. The van der Waals surface area contributed by atoms with Crippen LogP contribution in [0.1, 0.15) is 18.1 Å². The molecule has 0 radical (unpaired) electrons. The highest BCUT2D eigenvalue weighted by Crippen LogP contribution is 2.04. The molecule has 0 spiro atoms. The summed E-state index contributed by atoms with van der Waals surface area (Å²) in [5.41, 5.74) is 1.96. The van der Waals surface area contributed by atoms with Crippen molar-refractivity contribution in [3.05, 3.63) is 53.9 Å². The van der Waals surface area contributed by atoms with Gasteiger partial charge in [-0.1, -0.05) is 30.3 Å². The Morgan fingerprint density at radius 1 is 1.27 bits per heavy atom. The van der Waals surface area contributed by atoms with E-state index in [2.05, 4.69) is 10.4 Å². The van der Waals surface area contributed by atoms with Crippen LogP contribution in [0.15, 0.2) is 42.7 Å². The van der Waals surface area contributed by atoms with Crippen LogP contribution in [-0.2, 0) is 27.7 Å². The molecule has 0 aliphatic heterocycles. The number of amides is 1. The third-order valence-corrected chi connectivity index (χ3v) is 4.85. The van der Waals surface area contributed by atoms with Crippen LogP contribution in [0.4, 0.5) is 0 Å². The molecule has 2 rings (SSSR count). The molecule has 0 fully saturated rings. The normalized spacial score (nSPS) is 12.8. The smallest absolute Gasteiger partial charge is 0.238 e. The van der Waals surface area contributed by atoms with E-state index in [0.29, 0.717) is 6.54 Å². The van der Waals surface area contributed by atoms with Crippen molar-refractivity contribution >= 4 is 15.7 Å². The lowest BCUT2D eigenvalue weighted by Gasteiger charge is -2.09. The molecule has 6 nitrogen and oxygen atoms in total. The summed E-state index contributed by atoms with van der Waals surface area (Å²) < 4.78 is 24.4. The number of hydrogen-bond donors (Lipinski definition) is 1. The van der Waals surface area contributed by atoms with Crippen LogP contribution in [-0.4, -0.2) is 35.6 Å². The van der Waals surface area contributed by atoms with Crippen LogP contribution < -0.4 is 5.32 Å². The van der Waals surface area contributed by atoms with E-state index >= 15 is 0 Å². The number of carbonyl (C=O) groups excluding carboxylic acids is 1. The van der Waals surface area contributed by atoms with Crippen molar-refractivity contribution in [1.29, 1.82) is 0 Å². The Labute approximate surface area is 130 Å². The van der Waals surface area contributed by atoms with Gasteiger partial charge in [-0.15, -0.1) is 0 Å². The highest BCUT2D eigenvalue weighted by Gasteiger charge is 2.23. The zero-order valence-electron chi connectivity index (χ0n) is 12.6. The fourth-order valence-electron chi connectivity index (χ4n) is 1.88. The van der Waals surface area contributed by atoms with Crippen LogP contribution in [0.5, 0.6) is 0 Å². The minimum absolute atomic E-state index is 0.257. The average molecular weight is 321 g/mol. The van der Waals surface area contributed by atoms with Gasteiger partial charge in [0.1, 0.15) is 5.25 Å². The number of benzene rings is 1. The third kappa shape index (κ3) is 4.42. The summed E-state index contributed by atoms with van der Waals surface area (Å²) in [5.74, 6) is -0.502. The molecule has 0 aliphatic carbocycles. The van der Waals surface area contributed by atoms with Gasteiger partial charge in [0.2, 0.25) is 5.91 Å². The van der Waals surface area contributed by atoms with Gasteiger partial charge in [0.15, 0.2) is 9.84 Å². The average Bonchev–Trinajstić information content (AvgIpc) is 2.91. The third-order valence-electron chi connectivity index (χ3n) is 3.35. The molecular weight excluding hydrogens is 302 g/mol. The number of nitrogens with one attached hydrogen (secondary N) is 1. The van der Waals surface area contributed by atoms with Crippen LogP contribution in [0.25, 0.3) is 0 Å². The van der Waals surface area contributed by atoms with Crippen LogP contribution in [0, 0.1) is 0 Å². The minimum Gasteiger partial charge on any atom is -0.351 e. The molecule has 0 saturated heterocycles. The molecule has 0 bridgehead atoms. The highest BCUT2D eigenvalue weighted by atomic mass is 32.2. The summed E-state index contributed by atoms with van der Waals surface area (Å²) >= 11 is 0. The standard InChI is InChI=1S/C15H19N3O3S/c1-12(22(2,20)21)15(19)16-8-14-9-17-18(11-14)10-13-6-4-3-5-7-13/h3-7,9,11-12H,8,10H2,1-2H3,(H,16,19)/t12-/m0/s1.